The summed E-state index contributed by atoms with van der Waals surface area (Å²) in [5, 5.41) is 12.8. The first kappa shape index (κ1) is 19.7. The van der Waals surface area contributed by atoms with E-state index in [0.717, 1.165) is 38.3 Å². The molecule has 3 rings (SSSR count). The van der Waals surface area contributed by atoms with Gasteiger partial charge in [-0.25, -0.2) is 10.2 Å². The van der Waals surface area contributed by atoms with Crippen LogP contribution >= 0.6 is 0 Å². The normalized spacial score (nSPS) is 15.6. The van der Waals surface area contributed by atoms with Crippen LogP contribution in [0.25, 0.3) is 0 Å². The SMILES string of the molecule is O=C(CN1CCN(Cc2ccccc2)CC1)N/N=C/c1ccc(C(=O)O)cc1. The minimum atomic E-state index is -0.972. The predicted molar refractivity (Wildman–Crippen MR) is 107 cm³/mol. The van der Waals surface area contributed by atoms with Crippen molar-refractivity contribution in [3.8, 4) is 0 Å². The summed E-state index contributed by atoms with van der Waals surface area (Å²) in [7, 11) is 0. The third kappa shape index (κ3) is 6.00. The van der Waals surface area contributed by atoms with Gasteiger partial charge >= 0.3 is 5.97 Å². The van der Waals surface area contributed by atoms with Crippen LogP contribution in [0.4, 0.5) is 0 Å². The molecule has 1 saturated heterocycles. The van der Waals surface area contributed by atoms with Crippen molar-refractivity contribution in [2.45, 2.75) is 6.54 Å². The first-order chi connectivity index (χ1) is 13.6. The van der Waals surface area contributed by atoms with Gasteiger partial charge in [-0.05, 0) is 23.3 Å². The molecule has 1 aliphatic rings. The average molecular weight is 380 g/mol. The second-order valence-electron chi connectivity index (χ2n) is 6.76. The summed E-state index contributed by atoms with van der Waals surface area (Å²) in [6.45, 7) is 4.81. The molecule has 7 nitrogen and oxygen atoms in total. The van der Waals surface area contributed by atoms with Crippen molar-refractivity contribution in [3.05, 3.63) is 71.3 Å². The Hall–Kier alpha value is -3.03. The van der Waals surface area contributed by atoms with Gasteiger partial charge in [0, 0.05) is 32.7 Å². The zero-order chi connectivity index (χ0) is 19.8. The Morgan fingerprint density at radius 1 is 0.964 bits per heavy atom. The number of hydrogen-bond donors (Lipinski definition) is 2. The molecule has 1 fully saturated rings. The molecule has 0 bridgehead atoms. The molecule has 0 atom stereocenters. The maximum Gasteiger partial charge on any atom is 0.335 e. The maximum absolute atomic E-state index is 12.1. The van der Waals surface area contributed by atoms with Crippen LogP contribution in [-0.4, -0.2) is 65.7 Å². The van der Waals surface area contributed by atoms with Crippen molar-refractivity contribution >= 4 is 18.1 Å². The molecule has 0 aliphatic carbocycles. The molecule has 2 aromatic carbocycles. The lowest BCUT2D eigenvalue weighted by atomic mass is 10.1. The van der Waals surface area contributed by atoms with Crippen LogP contribution in [0.5, 0.6) is 0 Å². The Morgan fingerprint density at radius 2 is 1.61 bits per heavy atom. The molecule has 1 amide bonds. The predicted octanol–water partition coefficient (Wildman–Crippen LogP) is 1.65. The number of rotatable bonds is 7. The number of hydrogen-bond acceptors (Lipinski definition) is 5. The van der Waals surface area contributed by atoms with Crippen LogP contribution < -0.4 is 5.43 Å². The zero-order valence-electron chi connectivity index (χ0n) is 15.6. The van der Waals surface area contributed by atoms with Crippen molar-refractivity contribution < 1.29 is 14.7 Å². The number of carboxylic acid groups (broad SMARTS) is 1. The molecule has 0 radical (unpaired) electrons. The van der Waals surface area contributed by atoms with Gasteiger partial charge in [-0.3, -0.25) is 14.6 Å². The highest BCUT2D eigenvalue weighted by Crippen LogP contribution is 2.08. The van der Waals surface area contributed by atoms with E-state index in [1.54, 1.807) is 12.1 Å². The van der Waals surface area contributed by atoms with Gasteiger partial charge < -0.3 is 5.11 Å². The maximum atomic E-state index is 12.1. The molecule has 28 heavy (non-hydrogen) atoms. The fourth-order valence-corrected chi connectivity index (χ4v) is 3.08. The summed E-state index contributed by atoms with van der Waals surface area (Å²) >= 11 is 0. The summed E-state index contributed by atoms with van der Waals surface area (Å²) in [5.74, 6) is -1.13. The molecule has 2 N–H and O–H groups in total. The quantitative estimate of drug-likeness (QED) is 0.564. The van der Waals surface area contributed by atoms with Gasteiger partial charge in [0.25, 0.3) is 5.91 Å². The van der Waals surface area contributed by atoms with Crippen LogP contribution in [0.1, 0.15) is 21.5 Å². The van der Waals surface area contributed by atoms with Gasteiger partial charge in [0.2, 0.25) is 0 Å². The fourth-order valence-electron chi connectivity index (χ4n) is 3.08. The lowest BCUT2D eigenvalue weighted by Gasteiger charge is -2.34. The summed E-state index contributed by atoms with van der Waals surface area (Å²) in [5.41, 5.74) is 4.77. The Balaban J connectivity index is 1.38. The number of benzene rings is 2. The van der Waals surface area contributed by atoms with E-state index in [-0.39, 0.29) is 11.5 Å². The van der Waals surface area contributed by atoms with E-state index >= 15 is 0 Å². The van der Waals surface area contributed by atoms with Gasteiger partial charge in [-0.1, -0.05) is 42.5 Å². The van der Waals surface area contributed by atoms with Crippen LogP contribution in [0.15, 0.2) is 59.7 Å². The number of nitrogens with one attached hydrogen (secondary N) is 1. The van der Waals surface area contributed by atoms with E-state index in [0.29, 0.717) is 6.54 Å². The number of piperazine rings is 1. The third-order valence-corrected chi connectivity index (χ3v) is 4.64. The second-order valence-corrected chi connectivity index (χ2v) is 6.76. The van der Waals surface area contributed by atoms with Crippen LogP contribution in [0.3, 0.4) is 0 Å². The molecule has 0 unspecified atom stereocenters. The van der Waals surface area contributed by atoms with Crippen LogP contribution in [-0.2, 0) is 11.3 Å². The number of carbonyl (C=O) groups is 2. The minimum absolute atomic E-state index is 0.157. The molecule has 1 aliphatic heterocycles. The van der Waals surface area contributed by atoms with Gasteiger partial charge in [-0.15, -0.1) is 0 Å². The smallest absolute Gasteiger partial charge is 0.335 e. The van der Waals surface area contributed by atoms with E-state index in [9.17, 15) is 9.59 Å². The molecule has 0 spiro atoms. The lowest BCUT2D eigenvalue weighted by molar-refractivity contribution is -0.122. The van der Waals surface area contributed by atoms with E-state index in [1.807, 2.05) is 6.07 Å². The summed E-state index contributed by atoms with van der Waals surface area (Å²) in [6, 6.07) is 16.7. The Morgan fingerprint density at radius 3 is 2.25 bits per heavy atom. The first-order valence-corrected chi connectivity index (χ1v) is 9.24. The molecule has 0 aromatic heterocycles. The van der Waals surface area contributed by atoms with Crippen molar-refractivity contribution in [1.82, 2.24) is 15.2 Å². The Labute approximate surface area is 164 Å². The Kier molecular flexibility index (Phi) is 6.89. The van der Waals surface area contributed by atoms with Crippen LogP contribution in [0, 0.1) is 0 Å². The number of hydrazone groups is 1. The monoisotopic (exact) mass is 380 g/mol. The standard InChI is InChI=1S/C21H24N4O3/c26-20(23-22-14-17-6-8-19(9-7-17)21(27)28)16-25-12-10-24(11-13-25)15-18-4-2-1-3-5-18/h1-9,14H,10-13,15-16H2,(H,23,26)(H,27,28)/b22-14+. The molecular formula is C21H24N4O3. The van der Waals surface area contributed by atoms with Crippen LogP contribution in [0.2, 0.25) is 0 Å². The fraction of sp³-hybridized carbons (Fsp3) is 0.286. The molecule has 7 heteroatoms. The highest BCUT2D eigenvalue weighted by Gasteiger charge is 2.18. The van der Waals surface area contributed by atoms with E-state index in [2.05, 4.69) is 44.6 Å². The van der Waals surface area contributed by atoms with Gasteiger partial charge in [0.15, 0.2) is 0 Å². The number of nitrogens with zero attached hydrogens (tertiary/aromatic N) is 3. The third-order valence-electron chi connectivity index (χ3n) is 4.64. The highest BCUT2D eigenvalue weighted by atomic mass is 16.4. The first-order valence-electron chi connectivity index (χ1n) is 9.24. The van der Waals surface area contributed by atoms with Gasteiger partial charge in [0.1, 0.15) is 0 Å². The number of carbonyl (C=O) groups excluding carboxylic acids is 1. The summed E-state index contributed by atoms with van der Waals surface area (Å²) in [6.07, 6.45) is 1.50. The number of carboxylic acids is 1. The molecular weight excluding hydrogens is 356 g/mol. The molecule has 2 aromatic rings. The van der Waals surface area contributed by atoms with Gasteiger partial charge in [0.05, 0.1) is 18.3 Å². The summed E-state index contributed by atoms with van der Waals surface area (Å²) in [4.78, 5) is 27.4. The van der Waals surface area contributed by atoms with Crippen molar-refractivity contribution in [2.24, 2.45) is 5.10 Å². The lowest BCUT2D eigenvalue weighted by Crippen LogP contribution is -2.48. The highest BCUT2D eigenvalue weighted by molar-refractivity contribution is 5.89. The van der Waals surface area contributed by atoms with Crippen molar-refractivity contribution in [1.29, 1.82) is 0 Å². The molecule has 1 heterocycles. The molecule has 0 saturated carbocycles. The van der Waals surface area contributed by atoms with E-state index < -0.39 is 5.97 Å². The number of aromatic carboxylic acids is 1. The Bertz CT molecular complexity index is 813. The van der Waals surface area contributed by atoms with E-state index in [1.165, 1.54) is 23.9 Å². The topological polar surface area (TPSA) is 85.2 Å². The van der Waals surface area contributed by atoms with Gasteiger partial charge in [-0.2, -0.15) is 5.10 Å². The molecule has 146 valence electrons. The minimum Gasteiger partial charge on any atom is -0.478 e. The van der Waals surface area contributed by atoms with Crippen molar-refractivity contribution in [2.75, 3.05) is 32.7 Å². The second kappa shape index (κ2) is 9.77. The average Bonchev–Trinajstić information content (AvgIpc) is 2.71. The largest absolute Gasteiger partial charge is 0.478 e. The summed E-state index contributed by atoms with van der Waals surface area (Å²) < 4.78 is 0. The van der Waals surface area contributed by atoms with Crippen molar-refractivity contribution in [3.63, 3.8) is 0 Å². The van der Waals surface area contributed by atoms with E-state index in [4.69, 9.17) is 5.11 Å². The zero-order valence-corrected chi connectivity index (χ0v) is 15.6. The number of amides is 1.